The number of nitrogens with zero attached hydrogens (tertiary/aromatic N) is 4. The highest BCUT2D eigenvalue weighted by Gasteiger charge is 2.38. The van der Waals surface area contributed by atoms with Crippen LogP contribution in [0.1, 0.15) is 41.7 Å². The van der Waals surface area contributed by atoms with Crippen LogP contribution >= 0.6 is 11.6 Å². The van der Waals surface area contributed by atoms with Gasteiger partial charge in [-0.3, -0.25) is 18.8 Å². The first-order valence-electron chi connectivity index (χ1n) is 11.1. The van der Waals surface area contributed by atoms with E-state index in [2.05, 4.69) is 4.98 Å². The van der Waals surface area contributed by atoms with Crippen LogP contribution in [-0.4, -0.2) is 62.5 Å². The summed E-state index contributed by atoms with van der Waals surface area (Å²) in [5.41, 5.74) is -1.32. The molecular formula is C23H20ClF3N4O4. The van der Waals surface area contributed by atoms with Crippen LogP contribution in [0.4, 0.5) is 13.2 Å². The second-order valence-corrected chi connectivity index (χ2v) is 9.04. The van der Waals surface area contributed by atoms with Gasteiger partial charge in [0.1, 0.15) is 17.5 Å². The first-order valence-corrected chi connectivity index (χ1v) is 11.4. The number of halogens is 4. The second-order valence-electron chi connectivity index (χ2n) is 8.68. The molecule has 8 nitrogen and oxygen atoms in total. The van der Waals surface area contributed by atoms with E-state index in [0.717, 1.165) is 10.5 Å². The Balaban J connectivity index is 1.44. The molecule has 1 aliphatic carbocycles. The molecule has 2 aliphatic rings. The van der Waals surface area contributed by atoms with Crippen LogP contribution in [0.5, 0.6) is 0 Å². The minimum absolute atomic E-state index is 0.0491. The van der Waals surface area contributed by atoms with Gasteiger partial charge in [-0.15, -0.1) is 0 Å². The van der Waals surface area contributed by atoms with Crippen LogP contribution in [0.15, 0.2) is 35.3 Å². The molecule has 0 N–H and O–H groups in total. The summed E-state index contributed by atoms with van der Waals surface area (Å²) in [5, 5.41) is -0.276. The fraction of sp³-hybridized carbons (Fsp3) is 0.391. The van der Waals surface area contributed by atoms with Gasteiger partial charge in [0.05, 0.1) is 18.1 Å². The molecule has 0 atom stereocenters. The number of pyridine rings is 1. The van der Waals surface area contributed by atoms with E-state index in [1.807, 2.05) is 0 Å². The third-order valence-corrected chi connectivity index (χ3v) is 6.88. The SMILES string of the molecule is O=C1CCC(N2CCN(C(=O)c3nc4c(C(F)(F)F)cc(-c5ccoc5)cn4c3Cl)CC2=O)CC1. The molecule has 0 bridgehead atoms. The minimum atomic E-state index is -4.75. The van der Waals surface area contributed by atoms with E-state index in [0.29, 0.717) is 31.2 Å². The molecule has 35 heavy (non-hydrogen) atoms. The fourth-order valence-corrected chi connectivity index (χ4v) is 4.93. The number of imidazole rings is 1. The molecule has 184 valence electrons. The van der Waals surface area contributed by atoms with Crippen molar-refractivity contribution in [3.8, 4) is 11.1 Å². The van der Waals surface area contributed by atoms with Gasteiger partial charge >= 0.3 is 6.18 Å². The zero-order chi connectivity index (χ0) is 24.9. The van der Waals surface area contributed by atoms with E-state index in [1.54, 1.807) is 4.90 Å². The van der Waals surface area contributed by atoms with Gasteiger partial charge in [-0.1, -0.05) is 11.6 Å². The quantitative estimate of drug-likeness (QED) is 0.532. The van der Waals surface area contributed by atoms with E-state index in [9.17, 15) is 27.6 Å². The number of carbonyl (C=O) groups is 3. The van der Waals surface area contributed by atoms with Gasteiger partial charge in [0, 0.05) is 49.3 Å². The van der Waals surface area contributed by atoms with E-state index in [4.69, 9.17) is 16.0 Å². The number of rotatable bonds is 3. The first kappa shape index (κ1) is 23.4. The number of Topliss-reactive ketones (excluding diaryl/α,β-unsaturated/α-hetero) is 1. The van der Waals surface area contributed by atoms with Crippen molar-refractivity contribution in [1.82, 2.24) is 19.2 Å². The highest BCUT2D eigenvalue weighted by Crippen LogP contribution is 2.37. The lowest BCUT2D eigenvalue weighted by atomic mass is 9.92. The summed E-state index contributed by atoms with van der Waals surface area (Å²) in [6.07, 6.45) is 1.27. The summed E-state index contributed by atoms with van der Waals surface area (Å²) in [5.74, 6) is -0.816. The van der Waals surface area contributed by atoms with Gasteiger partial charge in [0.2, 0.25) is 5.91 Å². The van der Waals surface area contributed by atoms with Gasteiger partial charge in [-0.05, 0) is 25.0 Å². The summed E-state index contributed by atoms with van der Waals surface area (Å²) < 4.78 is 47.5. The molecule has 1 saturated carbocycles. The molecular weight excluding hydrogens is 489 g/mol. The van der Waals surface area contributed by atoms with Crippen LogP contribution in [0.3, 0.4) is 0 Å². The maximum Gasteiger partial charge on any atom is 0.420 e. The minimum Gasteiger partial charge on any atom is -0.472 e. The smallest absolute Gasteiger partial charge is 0.420 e. The van der Waals surface area contributed by atoms with Gasteiger partial charge in [0.25, 0.3) is 5.91 Å². The van der Waals surface area contributed by atoms with Crippen molar-refractivity contribution in [3.05, 3.63) is 47.3 Å². The molecule has 1 saturated heterocycles. The van der Waals surface area contributed by atoms with Crippen LogP contribution in [0.25, 0.3) is 16.8 Å². The summed E-state index contributed by atoms with van der Waals surface area (Å²) in [4.78, 5) is 44.3. The molecule has 2 fully saturated rings. The Morgan fingerprint density at radius 2 is 1.89 bits per heavy atom. The van der Waals surface area contributed by atoms with Crippen molar-refractivity contribution >= 4 is 34.8 Å². The summed E-state index contributed by atoms with van der Waals surface area (Å²) in [7, 11) is 0. The molecule has 0 aromatic carbocycles. The van der Waals surface area contributed by atoms with E-state index >= 15 is 0 Å². The van der Waals surface area contributed by atoms with Crippen molar-refractivity contribution in [2.24, 2.45) is 0 Å². The number of hydrogen-bond donors (Lipinski definition) is 0. The maximum absolute atomic E-state index is 13.8. The molecule has 0 radical (unpaired) electrons. The topological polar surface area (TPSA) is 88.1 Å². The number of ketones is 1. The molecule has 3 aromatic rings. The van der Waals surface area contributed by atoms with Gasteiger partial charge in [-0.25, -0.2) is 4.98 Å². The Morgan fingerprint density at radius 3 is 2.51 bits per heavy atom. The average Bonchev–Trinajstić information content (AvgIpc) is 3.47. The second kappa shape index (κ2) is 8.71. The number of amides is 2. The molecule has 2 amide bonds. The van der Waals surface area contributed by atoms with Crippen LogP contribution in [-0.2, 0) is 15.8 Å². The summed E-state index contributed by atoms with van der Waals surface area (Å²) in [6, 6.07) is 2.38. The number of furan rings is 1. The van der Waals surface area contributed by atoms with Crippen molar-refractivity contribution in [2.75, 3.05) is 19.6 Å². The molecule has 1 aliphatic heterocycles. The fourth-order valence-electron chi connectivity index (χ4n) is 4.68. The Hall–Kier alpha value is -3.34. The van der Waals surface area contributed by atoms with Crippen LogP contribution < -0.4 is 0 Å². The number of piperazine rings is 1. The maximum atomic E-state index is 13.8. The highest BCUT2D eigenvalue weighted by atomic mass is 35.5. The van der Waals surface area contributed by atoms with Crippen molar-refractivity contribution in [1.29, 1.82) is 0 Å². The number of carbonyl (C=O) groups excluding carboxylic acids is 3. The van der Waals surface area contributed by atoms with Crippen LogP contribution in [0.2, 0.25) is 5.15 Å². The predicted octanol–water partition coefficient (Wildman–Crippen LogP) is 4.06. The first-order chi connectivity index (χ1) is 16.6. The normalized spacial score (nSPS) is 18.1. The van der Waals surface area contributed by atoms with Crippen LogP contribution in [0, 0.1) is 0 Å². The third-order valence-electron chi connectivity index (χ3n) is 6.52. The summed E-state index contributed by atoms with van der Waals surface area (Å²) in [6.45, 7) is 0.221. The number of alkyl halides is 3. The number of hydrogen-bond acceptors (Lipinski definition) is 5. The van der Waals surface area contributed by atoms with Crippen molar-refractivity contribution < 1.29 is 32.0 Å². The average molecular weight is 509 g/mol. The molecule has 4 heterocycles. The Morgan fingerprint density at radius 1 is 1.14 bits per heavy atom. The van der Waals surface area contributed by atoms with Gasteiger partial charge in [0.15, 0.2) is 11.3 Å². The Labute approximate surface area is 202 Å². The lowest BCUT2D eigenvalue weighted by Crippen LogP contribution is -2.56. The largest absolute Gasteiger partial charge is 0.472 e. The predicted molar refractivity (Wildman–Crippen MR) is 118 cm³/mol. The van der Waals surface area contributed by atoms with E-state index in [-0.39, 0.29) is 53.8 Å². The third kappa shape index (κ3) is 4.29. The lowest BCUT2D eigenvalue weighted by Gasteiger charge is -2.40. The van der Waals surface area contributed by atoms with E-state index in [1.165, 1.54) is 29.7 Å². The van der Waals surface area contributed by atoms with Crippen molar-refractivity contribution in [3.63, 3.8) is 0 Å². The van der Waals surface area contributed by atoms with Gasteiger partial charge in [-0.2, -0.15) is 13.2 Å². The molecule has 0 spiro atoms. The monoisotopic (exact) mass is 508 g/mol. The number of fused-ring (bicyclic) bond motifs is 1. The molecule has 3 aromatic heterocycles. The number of aromatic nitrogens is 2. The zero-order valence-electron chi connectivity index (χ0n) is 18.3. The molecule has 5 rings (SSSR count). The Kier molecular flexibility index (Phi) is 5.82. The van der Waals surface area contributed by atoms with Crippen molar-refractivity contribution in [2.45, 2.75) is 37.9 Å². The lowest BCUT2D eigenvalue weighted by molar-refractivity contribution is -0.139. The summed E-state index contributed by atoms with van der Waals surface area (Å²) >= 11 is 6.36. The Bertz CT molecular complexity index is 1310. The highest BCUT2D eigenvalue weighted by molar-refractivity contribution is 6.33. The van der Waals surface area contributed by atoms with Gasteiger partial charge < -0.3 is 14.2 Å². The van der Waals surface area contributed by atoms with E-state index < -0.39 is 23.3 Å². The molecule has 0 unspecified atom stereocenters. The molecule has 12 heteroatoms. The standard InChI is InChI=1S/C23H20ClF3N4O4/c24-20-19(22(34)29-6-7-30(18(33)11-29)15-1-3-16(32)4-2-15)28-21-17(23(25,26)27)9-14(10-31(20)21)13-5-8-35-12-13/h5,8-10,12,15H,1-4,6-7,11H2. The zero-order valence-corrected chi connectivity index (χ0v) is 19.1.